The predicted octanol–water partition coefficient (Wildman–Crippen LogP) is 9.70. The topological polar surface area (TPSA) is 66.8 Å². The van der Waals surface area contributed by atoms with Crippen LogP contribution in [0.1, 0.15) is 118 Å². The van der Waals surface area contributed by atoms with Crippen molar-refractivity contribution in [3.63, 3.8) is 0 Å². The Hall–Kier alpha value is -2.23. The predicted molar refractivity (Wildman–Crippen MR) is 173 cm³/mol. The lowest BCUT2D eigenvalue weighted by atomic mass is 9.32. The zero-order chi connectivity index (χ0) is 31.2. The van der Waals surface area contributed by atoms with Crippen molar-refractivity contribution < 1.29 is 19.7 Å². The van der Waals surface area contributed by atoms with Crippen LogP contribution in [0.2, 0.25) is 0 Å². The van der Waals surface area contributed by atoms with Gasteiger partial charge < -0.3 is 14.9 Å². The van der Waals surface area contributed by atoms with Crippen molar-refractivity contribution in [1.29, 1.82) is 0 Å². The van der Waals surface area contributed by atoms with E-state index in [1.165, 1.54) is 75.1 Å². The Labute approximate surface area is 260 Å². The number of ether oxygens (including phenoxy) is 1. The van der Waals surface area contributed by atoms with Gasteiger partial charge in [0.2, 0.25) is 0 Å². The summed E-state index contributed by atoms with van der Waals surface area (Å²) in [5, 5.41) is 19.4. The number of rotatable bonds is 4. The van der Waals surface area contributed by atoms with Gasteiger partial charge in [0, 0.05) is 11.5 Å². The lowest BCUT2D eigenvalue weighted by Crippen LogP contribution is -2.66. The van der Waals surface area contributed by atoms with E-state index in [-0.39, 0.29) is 34.4 Å². The van der Waals surface area contributed by atoms with Gasteiger partial charge in [0.15, 0.2) is 11.5 Å². The van der Waals surface area contributed by atoms with Crippen LogP contribution < -0.4 is 0 Å². The lowest BCUT2D eigenvalue weighted by molar-refractivity contribution is -0.248. The molecule has 6 rings (SSSR count). The first-order valence-electron chi connectivity index (χ1n) is 17.1. The third-order valence-electron chi connectivity index (χ3n) is 15.1. The highest BCUT2D eigenvalue weighted by Crippen LogP contribution is 2.77. The molecule has 5 fully saturated rings. The van der Waals surface area contributed by atoms with E-state index >= 15 is 0 Å². The van der Waals surface area contributed by atoms with Gasteiger partial charge in [0.25, 0.3) is 0 Å². The summed E-state index contributed by atoms with van der Waals surface area (Å²) in [5.74, 6) is 2.79. The molecule has 0 radical (unpaired) electrons. The first-order chi connectivity index (χ1) is 20.1. The molecule has 5 saturated carbocycles. The van der Waals surface area contributed by atoms with Crippen molar-refractivity contribution in [3.05, 3.63) is 42.0 Å². The highest BCUT2D eigenvalue weighted by molar-refractivity contribution is 5.87. The van der Waals surface area contributed by atoms with Crippen LogP contribution in [-0.2, 0) is 9.53 Å². The largest absolute Gasteiger partial charge is 0.504 e. The summed E-state index contributed by atoms with van der Waals surface area (Å²) >= 11 is 0. The van der Waals surface area contributed by atoms with E-state index in [0.29, 0.717) is 39.6 Å². The molecule has 0 heterocycles. The Morgan fingerprint density at radius 3 is 2.30 bits per heavy atom. The monoisotopic (exact) mass is 588 g/mol. The average molecular weight is 589 g/mol. The van der Waals surface area contributed by atoms with Gasteiger partial charge in [0.05, 0.1) is 0 Å². The molecule has 0 saturated heterocycles. The Morgan fingerprint density at radius 2 is 1.60 bits per heavy atom. The summed E-state index contributed by atoms with van der Waals surface area (Å²) < 4.78 is 6.19. The van der Waals surface area contributed by atoms with E-state index in [1.807, 2.05) is 0 Å². The van der Waals surface area contributed by atoms with Gasteiger partial charge >= 0.3 is 5.97 Å². The zero-order valence-electron chi connectivity index (χ0n) is 27.8. The minimum absolute atomic E-state index is 0.103. The summed E-state index contributed by atoms with van der Waals surface area (Å²) in [6.07, 6.45) is 15.6. The van der Waals surface area contributed by atoms with Crippen LogP contribution in [0.4, 0.5) is 0 Å². The lowest BCUT2D eigenvalue weighted by Gasteiger charge is -2.73. The third kappa shape index (κ3) is 4.46. The summed E-state index contributed by atoms with van der Waals surface area (Å²) in [5.41, 5.74) is 3.40. The van der Waals surface area contributed by atoms with Gasteiger partial charge in [-0.25, -0.2) is 4.79 Å². The second-order valence-corrected chi connectivity index (χ2v) is 17.2. The van der Waals surface area contributed by atoms with E-state index in [1.54, 1.807) is 12.1 Å². The van der Waals surface area contributed by atoms with Crippen LogP contribution in [0.25, 0.3) is 6.08 Å². The maximum Gasteiger partial charge on any atom is 0.331 e. The van der Waals surface area contributed by atoms with Gasteiger partial charge in [-0.15, -0.1) is 0 Å². The number of fused-ring (bicyclic) bond motifs is 7. The molecule has 2 N–H and O–H groups in total. The number of phenolic OH excluding ortho intramolecular Hbond substituents is 2. The van der Waals surface area contributed by atoms with Crippen molar-refractivity contribution in [3.8, 4) is 11.5 Å². The molecule has 0 aliphatic heterocycles. The number of carbonyl (C=O) groups excluding carboxylic acids is 1. The molecule has 0 spiro atoms. The quantitative estimate of drug-likeness (QED) is 0.159. The van der Waals surface area contributed by atoms with E-state index in [0.717, 1.165) is 24.7 Å². The third-order valence-corrected chi connectivity index (χ3v) is 15.1. The number of hydrogen-bond acceptors (Lipinski definition) is 4. The second-order valence-electron chi connectivity index (χ2n) is 17.2. The summed E-state index contributed by atoms with van der Waals surface area (Å²) in [4.78, 5) is 13.0. The van der Waals surface area contributed by atoms with Crippen LogP contribution in [0.5, 0.6) is 11.5 Å². The van der Waals surface area contributed by atoms with Crippen LogP contribution in [0.3, 0.4) is 0 Å². The van der Waals surface area contributed by atoms with Gasteiger partial charge in [-0.05, 0) is 146 Å². The Balaban J connectivity index is 1.22. The molecule has 4 unspecified atom stereocenters. The van der Waals surface area contributed by atoms with Gasteiger partial charge in [-0.1, -0.05) is 59.8 Å². The van der Waals surface area contributed by atoms with Crippen LogP contribution in [0, 0.1) is 56.7 Å². The summed E-state index contributed by atoms with van der Waals surface area (Å²) in [6.45, 7) is 22.1. The SMILES string of the molecule is C=C(C)[C@@H]1CC[C@]2(C)CC[C@]3(C)C(CCC4[C@@]5(C)CC[C@H](OC(=O)/C=C/c6ccc(O)c(O)c6)C(C)(C)C5CC[C@]43C)C12. The molecule has 43 heavy (non-hydrogen) atoms. The highest BCUT2D eigenvalue weighted by Gasteiger charge is 2.70. The molecule has 1 aromatic carbocycles. The fraction of sp³-hybridized carbons (Fsp3) is 0.718. The van der Waals surface area contributed by atoms with Crippen LogP contribution in [-0.4, -0.2) is 22.3 Å². The Morgan fingerprint density at radius 1 is 0.860 bits per heavy atom. The van der Waals surface area contributed by atoms with Crippen molar-refractivity contribution in [2.24, 2.45) is 56.7 Å². The van der Waals surface area contributed by atoms with Gasteiger partial charge in [0.1, 0.15) is 6.10 Å². The van der Waals surface area contributed by atoms with Gasteiger partial charge in [-0.2, -0.15) is 0 Å². The van der Waals surface area contributed by atoms with Crippen molar-refractivity contribution in [1.82, 2.24) is 0 Å². The molecule has 0 aromatic heterocycles. The molecular weight excluding hydrogens is 532 g/mol. The summed E-state index contributed by atoms with van der Waals surface area (Å²) in [7, 11) is 0. The normalized spacial score (nSPS) is 45.0. The second kappa shape index (κ2) is 10.1. The molecule has 0 amide bonds. The van der Waals surface area contributed by atoms with E-state index in [4.69, 9.17) is 4.74 Å². The first-order valence-corrected chi connectivity index (χ1v) is 17.1. The van der Waals surface area contributed by atoms with E-state index < -0.39 is 0 Å². The maximum atomic E-state index is 13.0. The average Bonchev–Trinajstić information content (AvgIpc) is 3.29. The number of esters is 1. The molecule has 4 heteroatoms. The van der Waals surface area contributed by atoms with Crippen LogP contribution >= 0.6 is 0 Å². The van der Waals surface area contributed by atoms with Crippen molar-refractivity contribution >= 4 is 12.0 Å². The smallest absolute Gasteiger partial charge is 0.331 e. The molecule has 10 atom stereocenters. The van der Waals surface area contributed by atoms with Crippen molar-refractivity contribution in [2.45, 2.75) is 119 Å². The first kappa shape index (κ1) is 30.8. The maximum absolute atomic E-state index is 13.0. The number of benzene rings is 1. The Bertz CT molecular complexity index is 1330. The molecule has 0 bridgehead atoms. The number of hydrogen-bond donors (Lipinski definition) is 2. The standard InChI is InChI=1S/C39H56O4/c1-24(2)26-15-18-36(5)21-22-38(7)27(34(26)36)11-13-31-37(6)19-17-32(35(3,4)30(37)16-20-39(31,38)8)43-33(42)14-10-25-9-12-28(40)29(41)23-25/h9-10,12,14,23,26-27,30-32,34,40-41H,1,11,13,15-22H2,2-8H3/b14-10+/t26-,27?,30?,31?,32-,34?,36+,37-,38+,39+/m0/s1. The van der Waals surface area contributed by atoms with Gasteiger partial charge in [-0.3, -0.25) is 0 Å². The fourth-order valence-corrected chi connectivity index (χ4v) is 12.7. The highest BCUT2D eigenvalue weighted by atomic mass is 16.5. The number of carbonyl (C=O) groups is 1. The fourth-order valence-electron chi connectivity index (χ4n) is 12.7. The minimum Gasteiger partial charge on any atom is -0.504 e. The molecule has 5 aliphatic rings. The molecule has 236 valence electrons. The Kier molecular flexibility index (Phi) is 7.26. The van der Waals surface area contributed by atoms with Crippen LogP contribution in [0.15, 0.2) is 36.4 Å². The number of allylic oxidation sites excluding steroid dienone is 1. The summed E-state index contributed by atoms with van der Waals surface area (Å²) in [6, 6.07) is 4.54. The molecule has 1 aromatic rings. The minimum atomic E-state index is -0.336. The molecular formula is C39H56O4. The van der Waals surface area contributed by atoms with Crippen molar-refractivity contribution in [2.75, 3.05) is 0 Å². The zero-order valence-corrected chi connectivity index (χ0v) is 27.8. The van der Waals surface area contributed by atoms with E-state index in [9.17, 15) is 15.0 Å². The number of aromatic hydroxyl groups is 2. The van der Waals surface area contributed by atoms with E-state index in [2.05, 4.69) is 55.0 Å². The molecule has 5 aliphatic carbocycles. The molecule has 4 nitrogen and oxygen atoms in total. The number of phenols is 2.